The molecule has 0 atom stereocenters. The lowest BCUT2D eigenvalue weighted by Gasteiger charge is -2.36. The SMILES string of the molecule is CC(C)N(CCC(=O)O)C(=O)N1CCC(O)CC1. The van der Waals surface area contributed by atoms with Gasteiger partial charge >= 0.3 is 12.0 Å². The number of hydrogen-bond donors (Lipinski definition) is 2. The molecule has 1 fully saturated rings. The van der Waals surface area contributed by atoms with E-state index in [9.17, 15) is 14.7 Å². The zero-order chi connectivity index (χ0) is 13.7. The van der Waals surface area contributed by atoms with Crippen molar-refractivity contribution in [3.8, 4) is 0 Å². The van der Waals surface area contributed by atoms with Gasteiger partial charge in [0.25, 0.3) is 0 Å². The third-order valence-electron chi connectivity index (χ3n) is 3.17. The fourth-order valence-electron chi connectivity index (χ4n) is 2.03. The van der Waals surface area contributed by atoms with Crippen molar-refractivity contribution in [1.29, 1.82) is 0 Å². The number of carboxylic acid groups (broad SMARTS) is 1. The molecule has 0 bridgehead atoms. The van der Waals surface area contributed by atoms with Crippen LogP contribution in [-0.2, 0) is 4.79 Å². The van der Waals surface area contributed by atoms with Gasteiger partial charge in [-0.05, 0) is 26.7 Å². The van der Waals surface area contributed by atoms with Gasteiger partial charge in [0.15, 0.2) is 0 Å². The first-order chi connectivity index (χ1) is 8.41. The van der Waals surface area contributed by atoms with E-state index in [1.165, 1.54) is 0 Å². The highest BCUT2D eigenvalue weighted by Crippen LogP contribution is 2.14. The molecule has 2 N–H and O–H groups in total. The van der Waals surface area contributed by atoms with Crippen LogP contribution in [0.1, 0.15) is 33.1 Å². The largest absolute Gasteiger partial charge is 0.481 e. The van der Waals surface area contributed by atoms with Crippen LogP contribution in [0.15, 0.2) is 0 Å². The third-order valence-corrected chi connectivity index (χ3v) is 3.17. The number of aliphatic hydroxyl groups excluding tert-OH is 1. The number of likely N-dealkylation sites (tertiary alicyclic amines) is 1. The van der Waals surface area contributed by atoms with Gasteiger partial charge < -0.3 is 20.0 Å². The summed E-state index contributed by atoms with van der Waals surface area (Å²) in [5, 5.41) is 18.1. The molecule has 6 nitrogen and oxygen atoms in total. The molecule has 1 rings (SSSR count). The molecule has 1 saturated heterocycles. The van der Waals surface area contributed by atoms with Gasteiger partial charge in [-0.1, -0.05) is 0 Å². The van der Waals surface area contributed by atoms with Gasteiger partial charge in [0, 0.05) is 25.7 Å². The van der Waals surface area contributed by atoms with Gasteiger partial charge in [-0.3, -0.25) is 4.79 Å². The molecule has 0 aromatic carbocycles. The van der Waals surface area contributed by atoms with Crippen molar-refractivity contribution in [2.24, 2.45) is 0 Å². The highest BCUT2D eigenvalue weighted by molar-refractivity contribution is 5.76. The summed E-state index contributed by atoms with van der Waals surface area (Å²) in [4.78, 5) is 26.1. The molecule has 104 valence electrons. The van der Waals surface area contributed by atoms with E-state index in [1.54, 1.807) is 9.80 Å². The van der Waals surface area contributed by atoms with E-state index >= 15 is 0 Å². The van der Waals surface area contributed by atoms with Crippen LogP contribution in [0.5, 0.6) is 0 Å². The Kier molecular flexibility index (Phi) is 5.40. The molecule has 0 saturated carbocycles. The van der Waals surface area contributed by atoms with E-state index in [4.69, 9.17) is 5.11 Å². The number of aliphatic hydroxyl groups is 1. The van der Waals surface area contributed by atoms with Crippen LogP contribution in [-0.4, -0.2) is 63.8 Å². The summed E-state index contributed by atoms with van der Waals surface area (Å²) in [6.07, 6.45) is 0.828. The zero-order valence-electron chi connectivity index (χ0n) is 11.0. The number of piperidine rings is 1. The van der Waals surface area contributed by atoms with Crippen LogP contribution < -0.4 is 0 Å². The van der Waals surface area contributed by atoms with Gasteiger partial charge in [0.1, 0.15) is 0 Å². The van der Waals surface area contributed by atoms with Gasteiger partial charge in [-0.2, -0.15) is 0 Å². The highest BCUT2D eigenvalue weighted by Gasteiger charge is 2.26. The number of carbonyl (C=O) groups excluding carboxylic acids is 1. The summed E-state index contributed by atoms with van der Waals surface area (Å²) in [7, 11) is 0. The topological polar surface area (TPSA) is 81.1 Å². The Morgan fingerprint density at radius 3 is 2.33 bits per heavy atom. The number of rotatable bonds is 4. The number of hydrogen-bond acceptors (Lipinski definition) is 3. The smallest absolute Gasteiger partial charge is 0.320 e. The maximum atomic E-state index is 12.2. The fourth-order valence-corrected chi connectivity index (χ4v) is 2.03. The lowest BCUT2D eigenvalue weighted by molar-refractivity contribution is -0.137. The van der Waals surface area contributed by atoms with Crippen molar-refractivity contribution < 1.29 is 19.8 Å². The number of carboxylic acids is 1. The number of amides is 2. The van der Waals surface area contributed by atoms with Crippen LogP contribution in [0, 0.1) is 0 Å². The van der Waals surface area contributed by atoms with Gasteiger partial charge in [0.2, 0.25) is 0 Å². The maximum Gasteiger partial charge on any atom is 0.320 e. The van der Waals surface area contributed by atoms with Crippen LogP contribution in [0.25, 0.3) is 0 Å². The van der Waals surface area contributed by atoms with Crippen molar-refractivity contribution in [2.45, 2.75) is 45.3 Å². The van der Waals surface area contributed by atoms with E-state index in [2.05, 4.69) is 0 Å². The number of nitrogens with zero attached hydrogens (tertiary/aromatic N) is 2. The van der Waals surface area contributed by atoms with E-state index in [-0.39, 0.29) is 31.1 Å². The molecule has 6 heteroatoms. The fraction of sp³-hybridized carbons (Fsp3) is 0.833. The molecule has 1 aliphatic rings. The monoisotopic (exact) mass is 258 g/mol. The van der Waals surface area contributed by atoms with Crippen molar-refractivity contribution in [3.05, 3.63) is 0 Å². The number of carbonyl (C=O) groups is 2. The predicted octanol–water partition coefficient (Wildman–Crippen LogP) is 0.748. The molecule has 1 aliphatic heterocycles. The van der Waals surface area contributed by atoms with Crippen molar-refractivity contribution >= 4 is 12.0 Å². The molecule has 2 amide bonds. The average molecular weight is 258 g/mol. The lowest BCUT2D eigenvalue weighted by atomic mass is 10.1. The first-order valence-corrected chi connectivity index (χ1v) is 6.37. The molecule has 0 unspecified atom stereocenters. The normalized spacial score (nSPS) is 17.0. The summed E-state index contributed by atoms with van der Waals surface area (Å²) in [6.45, 7) is 5.05. The molecule has 0 aromatic rings. The summed E-state index contributed by atoms with van der Waals surface area (Å²) in [6, 6.07) is -0.151. The molecular formula is C12H22N2O4. The Morgan fingerprint density at radius 2 is 1.89 bits per heavy atom. The van der Waals surface area contributed by atoms with E-state index in [0.29, 0.717) is 25.9 Å². The molecule has 0 spiro atoms. The Labute approximate surface area is 107 Å². The van der Waals surface area contributed by atoms with Crippen molar-refractivity contribution in [1.82, 2.24) is 9.80 Å². The Morgan fingerprint density at radius 1 is 1.33 bits per heavy atom. The first kappa shape index (κ1) is 14.8. The summed E-state index contributed by atoms with van der Waals surface area (Å²) in [5.74, 6) is -0.900. The van der Waals surface area contributed by atoms with Gasteiger partial charge in [0.05, 0.1) is 12.5 Å². The second-order valence-corrected chi connectivity index (χ2v) is 4.93. The van der Waals surface area contributed by atoms with E-state index in [1.807, 2.05) is 13.8 Å². The second kappa shape index (κ2) is 6.58. The average Bonchev–Trinajstić information content (AvgIpc) is 2.29. The minimum absolute atomic E-state index is 0.0244. The predicted molar refractivity (Wildman–Crippen MR) is 66.3 cm³/mol. The Hall–Kier alpha value is -1.30. The number of aliphatic carboxylic acids is 1. The first-order valence-electron chi connectivity index (χ1n) is 6.37. The summed E-state index contributed by atoms with van der Waals surface area (Å²) in [5.41, 5.74) is 0. The number of urea groups is 1. The van der Waals surface area contributed by atoms with E-state index in [0.717, 1.165) is 0 Å². The molecular weight excluding hydrogens is 236 g/mol. The van der Waals surface area contributed by atoms with Crippen molar-refractivity contribution in [2.75, 3.05) is 19.6 Å². The van der Waals surface area contributed by atoms with Crippen LogP contribution >= 0.6 is 0 Å². The summed E-state index contributed by atoms with van der Waals surface area (Å²) >= 11 is 0. The zero-order valence-corrected chi connectivity index (χ0v) is 11.0. The quantitative estimate of drug-likeness (QED) is 0.779. The minimum Gasteiger partial charge on any atom is -0.481 e. The van der Waals surface area contributed by atoms with Crippen molar-refractivity contribution in [3.63, 3.8) is 0 Å². The van der Waals surface area contributed by atoms with Gasteiger partial charge in [-0.15, -0.1) is 0 Å². The Bertz CT molecular complexity index is 298. The van der Waals surface area contributed by atoms with Crippen LogP contribution in [0.3, 0.4) is 0 Å². The lowest BCUT2D eigenvalue weighted by Crippen LogP contribution is -2.50. The molecule has 0 aromatic heterocycles. The van der Waals surface area contributed by atoms with Crippen LogP contribution in [0.2, 0.25) is 0 Å². The minimum atomic E-state index is -0.900. The molecule has 1 heterocycles. The summed E-state index contributed by atoms with van der Waals surface area (Å²) < 4.78 is 0. The Balaban J connectivity index is 2.56. The highest BCUT2D eigenvalue weighted by atomic mass is 16.4. The van der Waals surface area contributed by atoms with Crippen LogP contribution in [0.4, 0.5) is 4.79 Å². The maximum absolute atomic E-state index is 12.2. The molecule has 0 radical (unpaired) electrons. The van der Waals surface area contributed by atoms with Gasteiger partial charge in [-0.25, -0.2) is 4.79 Å². The molecule has 0 aliphatic carbocycles. The standard InChI is InChI=1S/C12H22N2O4/c1-9(2)14(8-5-11(16)17)12(18)13-6-3-10(15)4-7-13/h9-10,15H,3-8H2,1-2H3,(H,16,17). The van der Waals surface area contributed by atoms with E-state index < -0.39 is 5.97 Å². The second-order valence-electron chi connectivity index (χ2n) is 4.93. The third kappa shape index (κ3) is 4.18. The molecule has 18 heavy (non-hydrogen) atoms.